The van der Waals surface area contributed by atoms with E-state index in [9.17, 15) is 0 Å². The average molecular weight is 154 g/mol. The number of nitrogens with zero attached hydrogens (tertiary/aromatic N) is 3. The fourth-order valence-corrected chi connectivity index (χ4v) is 0.933. The van der Waals surface area contributed by atoms with E-state index in [-0.39, 0.29) is 0 Å². The number of rotatable bonds is 5. The first-order chi connectivity index (χ1) is 5.43. The molecular weight excluding hydrogens is 140 g/mol. The summed E-state index contributed by atoms with van der Waals surface area (Å²) < 4.78 is 0. The van der Waals surface area contributed by atoms with Crippen molar-refractivity contribution in [3.8, 4) is 0 Å². The van der Waals surface area contributed by atoms with Crippen LogP contribution in [0.3, 0.4) is 0 Å². The van der Waals surface area contributed by atoms with Crippen molar-refractivity contribution >= 4 is 0 Å². The molecule has 0 aliphatic heterocycles. The Morgan fingerprint density at radius 2 is 1.82 bits per heavy atom. The maximum Gasteiger partial charge on any atom is 0.0693 e. The SMILES string of the molecule is NCCCCCn1nccn1. The summed E-state index contributed by atoms with van der Waals surface area (Å²) in [5.41, 5.74) is 5.35. The zero-order chi connectivity index (χ0) is 7.94. The molecule has 4 nitrogen and oxygen atoms in total. The maximum absolute atomic E-state index is 5.35. The Bertz CT molecular complexity index is 171. The molecule has 0 radical (unpaired) electrons. The summed E-state index contributed by atoms with van der Waals surface area (Å²) in [4.78, 5) is 1.70. The summed E-state index contributed by atoms with van der Waals surface area (Å²) in [5, 5.41) is 7.98. The van der Waals surface area contributed by atoms with E-state index in [1.807, 2.05) is 0 Å². The van der Waals surface area contributed by atoms with Crippen LogP contribution in [0, 0.1) is 0 Å². The molecular formula is C7H14N4. The highest BCUT2D eigenvalue weighted by atomic mass is 15.5. The van der Waals surface area contributed by atoms with E-state index in [1.165, 1.54) is 0 Å². The van der Waals surface area contributed by atoms with Crippen molar-refractivity contribution in [2.45, 2.75) is 25.8 Å². The fourth-order valence-electron chi connectivity index (χ4n) is 0.933. The van der Waals surface area contributed by atoms with Crippen LogP contribution in [0.15, 0.2) is 12.4 Å². The Hall–Kier alpha value is -0.900. The number of nitrogens with two attached hydrogens (primary N) is 1. The highest BCUT2D eigenvalue weighted by Gasteiger charge is 1.90. The molecule has 1 rings (SSSR count). The molecule has 4 heteroatoms. The second-order valence-corrected chi connectivity index (χ2v) is 2.47. The molecule has 1 heterocycles. The predicted octanol–water partition coefficient (Wildman–Crippen LogP) is 0.407. The van der Waals surface area contributed by atoms with Gasteiger partial charge in [-0.3, -0.25) is 0 Å². The quantitative estimate of drug-likeness (QED) is 0.625. The molecule has 0 unspecified atom stereocenters. The van der Waals surface area contributed by atoms with Crippen LogP contribution < -0.4 is 5.73 Å². The predicted molar refractivity (Wildman–Crippen MR) is 42.9 cm³/mol. The van der Waals surface area contributed by atoms with Gasteiger partial charge in [-0.1, -0.05) is 6.42 Å². The first-order valence-corrected chi connectivity index (χ1v) is 3.97. The van der Waals surface area contributed by atoms with Crippen LogP contribution in [-0.2, 0) is 6.54 Å². The molecule has 0 amide bonds. The van der Waals surface area contributed by atoms with Gasteiger partial charge in [0, 0.05) is 0 Å². The van der Waals surface area contributed by atoms with E-state index in [4.69, 9.17) is 5.73 Å². The van der Waals surface area contributed by atoms with Gasteiger partial charge >= 0.3 is 0 Å². The molecule has 1 aromatic heterocycles. The molecule has 11 heavy (non-hydrogen) atoms. The Balaban J connectivity index is 2.04. The van der Waals surface area contributed by atoms with Gasteiger partial charge in [0.15, 0.2) is 0 Å². The van der Waals surface area contributed by atoms with Crippen molar-refractivity contribution in [3.63, 3.8) is 0 Å². The summed E-state index contributed by atoms with van der Waals surface area (Å²) in [6, 6.07) is 0. The largest absolute Gasteiger partial charge is 0.330 e. The van der Waals surface area contributed by atoms with Gasteiger partial charge in [0.2, 0.25) is 0 Å². The van der Waals surface area contributed by atoms with Gasteiger partial charge in [-0.25, -0.2) is 0 Å². The lowest BCUT2D eigenvalue weighted by Crippen LogP contribution is -2.03. The number of hydrogen-bond donors (Lipinski definition) is 1. The van der Waals surface area contributed by atoms with Crippen molar-refractivity contribution in [1.82, 2.24) is 15.0 Å². The van der Waals surface area contributed by atoms with Crippen molar-refractivity contribution in [2.24, 2.45) is 5.73 Å². The van der Waals surface area contributed by atoms with Crippen molar-refractivity contribution in [3.05, 3.63) is 12.4 Å². The highest BCUT2D eigenvalue weighted by Crippen LogP contribution is 1.94. The zero-order valence-electron chi connectivity index (χ0n) is 6.61. The van der Waals surface area contributed by atoms with Crippen LogP contribution in [0.1, 0.15) is 19.3 Å². The average Bonchev–Trinajstić information content (AvgIpc) is 2.50. The van der Waals surface area contributed by atoms with Gasteiger partial charge in [-0.15, -0.1) is 0 Å². The standard InChI is InChI=1S/C7H14N4/c8-4-2-1-3-7-11-9-5-6-10-11/h5-6H,1-4,7-8H2. The second-order valence-electron chi connectivity index (χ2n) is 2.47. The molecule has 0 aromatic carbocycles. The third-order valence-electron chi connectivity index (χ3n) is 1.53. The molecule has 0 spiro atoms. The number of aryl methyl sites for hydroxylation is 1. The molecule has 1 aromatic rings. The fraction of sp³-hybridized carbons (Fsp3) is 0.714. The lowest BCUT2D eigenvalue weighted by Gasteiger charge is -1.97. The van der Waals surface area contributed by atoms with Crippen LogP contribution in [0.25, 0.3) is 0 Å². The minimum absolute atomic E-state index is 0.784. The zero-order valence-corrected chi connectivity index (χ0v) is 6.61. The molecule has 62 valence electrons. The van der Waals surface area contributed by atoms with Gasteiger partial charge in [-0.2, -0.15) is 15.0 Å². The summed E-state index contributed by atoms with van der Waals surface area (Å²) >= 11 is 0. The Morgan fingerprint density at radius 3 is 2.45 bits per heavy atom. The van der Waals surface area contributed by atoms with E-state index >= 15 is 0 Å². The van der Waals surface area contributed by atoms with Crippen molar-refractivity contribution in [1.29, 1.82) is 0 Å². The normalized spacial score (nSPS) is 10.3. The number of unbranched alkanes of at least 4 members (excludes halogenated alkanes) is 2. The first kappa shape index (κ1) is 8.20. The molecule has 0 saturated heterocycles. The molecule has 0 aliphatic carbocycles. The second kappa shape index (κ2) is 4.85. The van der Waals surface area contributed by atoms with Crippen LogP contribution in [0.4, 0.5) is 0 Å². The van der Waals surface area contributed by atoms with E-state index in [0.717, 1.165) is 32.4 Å². The van der Waals surface area contributed by atoms with Crippen LogP contribution in [0.5, 0.6) is 0 Å². The first-order valence-electron chi connectivity index (χ1n) is 3.97. The Labute approximate surface area is 66.4 Å². The molecule has 0 atom stereocenters. The van der Waals surface area contributed by atoms with Gasteiger partial charge in [-0.05, 0) is 19.4 Å². The van der Waals surface area contributed by atoms with Gasteiger partial charge in [0.1, 0.15) is 0 Å². The van der Waals surface area contributed by atoms with Crippen molar-refractivity contribution in [2.75, 3.05) is 6.54 Å². The monoisotopic (exact) mass is 154 g/mol. The van der Waals surface area contributed by atoms with Gasteiger partial charge in [0.05, 0.1) is 18.9 Å². The van der Waals surface area contributed by atoms with Crippen LogP contribution >= 0.6 is 0 Å². The molecule has 2 N–H and O–H groups in total. The summed E-state index contributed by atoms with van der Waals surface area (Å²) in [6.07, 6.45) is 6.77. The summed E-state index contributed by atoms with van der Waals surface area (Å²) in [7, 11) is 0. The summed E-state index contributed by atoms with van der Waals surface area (Å²) in [5.74, 6) is 0. The van der Waals surface area contributed by atoms with E-state index in [1.54, 1.807) is 17.2 Å². The molecule has 0 aliphatic rings. The minimum atomic E-state index is 0.784. The molecule has 0 fully saturated rings. The third kappa shape index (κ3) is 3.13. The van der Waals surface area contributed by atoms with Gasteiger partial charge in [0.25, 0.3) is 0 Å². The third-order valence-corrected chi connectivity index (χ3v) is 1.53. The smallest absolute Gasteiger partial charge is 0.0693 e. The summed E-state index contributed by atoms with van der Waals surface area (Å²) in [6.45, 7) is 1.69. The topological polar surface area (TPSA) is 56.7 Å². The Kier molecular flexibility index (Phi) is 3.61. The number of aromatic nitrogens is 3. The lowest BCUT2D eigenvalue weighted by molar-refractivity contribution is 0.493. The van der Waals surface area contributed by atoms with Crippen LogP contribution in [-0.4, -0.2) is 21.5 Å². The van der Waals surface area contributed by atoms with Crippen LogP contribution in [0.2, 0.25) is 0 Å². The van der Waals surface area contributed by atoms with E-state index < -0.39 is 0 Å². The van der Waals surface area contributed by atoms with E-state index in [2.05, 4.69) is 10.2 Å². The molecule has 0 saturated carbocycles. The Morgan fingerprint density at radius 1 is 1.09 bits per heavy atom. The lowest BCUT2D eigenvalue weighted by atomic mass is 10.2. The number of hydrogen-bond acceptors (Lipinski definition) is 3. The minimum Gasteiger partial charge on any atom is -0.330 e. The maximum atomic E-state index is 5.35. The van der Waals surface area contributed by atoms with E-state index in [0.29, 0.717) is 0 Å². The van der Waals surface area contributed by atoms with Crippen molar-refractivity contribution < 1.29 is 0 Å². The highest BCUT2D eigenvalue weighted by molar-refractivity contribution is 4.59. The molecule has 0 bridgehead atoms. The van der Waals surface area contributed by atoms with Gasteiger partial charge < -0.3 is 5.73 Å².